The van der Waals surface area contributed by atoms with E-state index in [0.29, 0.717) is 34.1 Å². The second-order valence-corrected chi connectivity index (χ2v) is 8.00. The fourth-order valence-electron chi connectivity index (χ4n) is 3.60. The summed E-state index contributed by atoms with van der Waals surface area (Å²) in [7, 11) is 1.60. The molecule has 0 bridgehead atoms. The van der Waals surface area contributed by atoms with Gasteiger partial charge in [-0.05, 0) is 48.7 Å². The molecule has 2 aromatic heterocycles. The van der Waals surface area contributed by atoms with Crippen LogP contribution in [-0.4, -0.2) is 28.1 Å². The molecule has 0 aliphatic heterocycles. The van der Waals surface area contributed by atoms with Crippen molar-refractivity contribution in [1.82, 2.24) is 14.7 Å². The minimum absolute atomic E-state index is 0.134. The van der Waals surface area contributed by atoms with Gasteiger partial charge in [0.25, 0.3) is 11.4 Å². The Balaban J connectivity index is 1.68. The number of rotatable bonds is 5. The predicted octanol–water partition coefficient (Wildman–Crippen LogP) is 5.44. The Bertz CT molecular complexity index is 1470. The lowest BCUT2D eigenvalue weighted by atomic mass is 10.1. The number of fused-ring (bicyclic) bond motifs is 1. The first-order valence-corrected chi connectivity index (χ1v) is 11.2. The Morgan fingerprint density at radius 3 is 2.50 bits per heavy atom. The Labute approximate surface area is 188 Å². The zero-order valence-electron chi connectivity index (χ0n) is 17.5. The molecule has 2 heterocycles. The van der Waals surface area contributed by atoms with E-state index >= 15 is 0 Å². The van der Waals surface area contributed by atoms with E-state index in [-0.39, 0.29) is 5.56 Å². The molecule has 0 saturated carbocycles. The van der Waals surface area contributed by atoms with Crippen molar-refractivity contribution >= 4 is 22.5 Å². The van der Waals surface area contributed by atoms with Gasteiger partial charge in [-0.15, -0.1) is 11.8 Å². The van der Waals surface area contributed by atoms with Gasteiger partial charge in [-0.1, -0.05) is 29.4 Å². The van der Waals surface area contributed by atoms with E-state index in [1.165, 1.54) is 0 Å². The van der Waals surface area contributed by atoms with Gasteiger partial charge < -0.3 is 9.26 Å². The molecular weight excluding hydrogens is 422 g/mol. The molecule has 0 aliphatic carbocycles. The SMILES string of the molecule is COc1cccc(-n2cc(-c3nc(-c4ccc(SC)cc4)no3)c3ccccc3c2=O)c1. The predicted molar refractivity (Wildman–Crippen MR) is 127 cm³/mol. The molecule has 0 N–H and O–H groups in total. The highest BCUT2D eigenvalue weighted by Gasteiger charge is 2.17. The third-order valence-corrected chi connectivity index (χ3v) is 6.00. The molecule has 0 fully saturated rings. The van der Waals surface area contributed by atoms with Gasteiger partial charge in [0.05, 0.1) is 18.4 Å². The number of aromatic nitrogens is 3. The Morgan fingerprint density at radius 1 is 0.969 bits per heavy atom. The molecule has 158 valence electrons. The van der Waals surface area contributed by atoms with Crippen molar-refractivity contribution in [1.29, 1.82) is 0 Å². The smallest absolute Gasteiger partial charge is 0.262 e. The van der Waals surface area contributed by atoms with Crippen LogP contribution in [0.5, 0.6) is 5.75 Å². The zero-order chi connectivity index (χ0) is 22.1. The van der Waals surface area contributed by atoms with Gasteiger partial charge in [-0.2, -0.15) is 4.98 Å². The maximum absolute atomic E-state index is 13.3. The van der Waals surface area contributed by atoms with E-state index in [4.69, 9.17) is 9.26 Å². The van der Waals surface area contributed by atoms with Gasteiger partial charge in [0.15, 0.2) is 0 Å². The topological polar surface area (TPSA) is 70.2 Å². The zero-order valence-corrected chi connectivity index (χ0v) is 18.3. The number of methoxy groups -OCH3 is 1. The van der Waals surface area contributed by atoms with Gasteiger partial charge >= 0.3 is 0 Å². The maximum Gasteiger partial charge on any atom is 0.262 e. The number of benzene rings is 3. The summed E-state index contributed by atoms with van der Waals surface area (Å²) in [5.74, 6) is 1.51. The molecule has 0 aliphatic rings. The van der Waals surface area contributed by atoms with Crippen LogP contribution in [0.3, 0.4) is 0 Å². The van der Waals surface area contributed by atoms with E-state index in [1.54, 1.807) is 35.7 Å². The third kappa shape index (κ3) is 3.56. The molecule has 0 radical (unpaired) electrons. The van der Waals surface area contributed by atoms with E-state index in [1.807, 2.05) is 73.0 Å². The molecule has 32 heavy (non-hydrogen) atoms. The lowest BCUT2D eigenvalue weighted by Gasteiger charge is -2.11. The van der Waals surface area contributed by atoms with E-state index in [0.717, 1.165) is 15.8 Å². The minimum atomic E-state index is -0.134. The Hall–Kier alpha value is -3.84. The van der Waals surface area contributed by atoms with E-state index in [2.05, 4.69) is 10.1 Å². The van der Waals surface area contributed by atoms with Crippen LogP contribution in [0, 0.1) is 0 Å². The molecule has 0 atom stereocenters. The monoisotopic (exact) mass is 441 g/mol. The van der Waals surface area contributed by atoms with Gasteiger partial charge in [0.1, 0.15) is 5.75 Å². The Kier molecular flexibility index (Phi) is 5.25. The molecule has 0 spiro atoms. The van der Waals surface area contributed by atoms with Crippen molar-refractivity contribution in [2.45, 2.75) is 4.90 Å². The maximum atomic E-state index is 13.3. The van der Waals surface area contributed by atoms with Gasteiger partial charge in [-0.25, -0.2) is 0 Å². The molecule has 5 rings (SSSR count). The van der Waals surface area contributed by atoms with Crippen LogP contribution in [-0.2, 0) is 0 Å². The number of thioether (sulfide) groups is 1. The molecular formula is C25H19N3O3S. The van der Waals surface area contributed by atoms with Crippen molar-refractivity contribution < 1.29 is 9.26 Å². The summed E-state index contributed by atoms with van der Waals surface area (Å²) in [5, 5.41) is 5.50. The number of pyridine rings is 1. The van der Waals surface area contributed by atoms with Crippen LogP contribution in [0.4, 0.5) is 0 Å². The summed E-state index contributed by atoms with van der Waals surface area (Å²) in [4.78, 5) is 19.0. The molecule has 0 saturated heterocycles. The number of nitrogens with zero attached hydrogens (tertiary/aromatic N) is 3. The summed E-state index contributed by atoms with van der Waals surface area (Å²) in [6, 6.07) is 22.8. The standard InChI is InChI=1S/C25H19N3O3S/c1-30-18-7-5-6-17(14-18)28-15-22(20-8-3-4-9-21(20)25(28)29)24-26-23(27-31-24)16-10-12-19(32-2)13-11-16/h3-15H,1-2H3. The Morgan fingerprint density at radius 2 is 1.75 bits per heavy atom. The van der Waals surface area contributed by atoms with Gasteiger partial charge in [-0.3, -0.25) is 9.36 Å². The summed E-state index contributed by atoms with van der Waals surface area (Å²) < 4.78 is 12.5. The van der Waals surface area contributed by atoms with Crippen LogP contribution in [0.15, 0.2) is 93.2 Å². The average molecular weight is 442 g/mol. The molecule has 0 unspecified atom stereocenters. The number of ether oxygens (including phenoxy) is 1. The first-order chi connectivity index (χ1) is 15.7. The normalized spacial score (nSPS) is 11.1. The third-order valence-electron chi connectivity index (χ3n) is 5.26. The molecule has 7 heteroatoms. The van der Waals surface area contributed by atoms with Crippen molar-refractivity contribution in [3.05, 3.63) is 89.3 Å². The van der Waals surface area contributed by atoms with Crippen molar-refractivity contribution in [3.63, 3.8) is 0 Å². The van der Waals surface area contributed by atoms with Crippen LogP contribution >= 0.6 is 11.8 Å². The van der Waals surface area contributed by atoms with E-state index in [9.17, 15) is 4.79 Å². The highest BCUT2D eigenvalue weighted by Crippen LogP contribution is 2.29. The average Bonchev–Trinajstić information content (AvgIpc) is 3.34. The summed E-state index contributed by atoms with van der Waals surface area (Å²) in [6.07, 6.45) is 3.78. The first-order valence-electron chi connectivity index (χ1n) is 9.95. The van der Waals surface area contributed by atoms with Crippen molar-refractivity contribution in [3.8, 4) is 34.3 Å². The van der Waals surface area contributed by atoms with Gasteiger partial charge in [0, 0.05) is 33.5 Å². The highest BCUT2D eigenvalue weighted by atomic mass is 32.2. The highest BCUT2D eigenvalue weighted by molar-refractivity contribution is 7.98. The largest absolute Gasteiger partial charge is 0.497 e. The van der Waals surface area contributed by atoms with Gasteiger partial charge in [0.2, 0.25) is 5.82 Å². The molecule has 0 amide bonds. The first kappa shape index (κ1) is 20.1. The van der Waals surface area contributed by atoms with E-state index < -0.39 is 0 Å². The quantitative estimate of drug-likeness (QED) is 0.338. The molecule has 3 aromatic carbocycles. The number of hydrogen-bond acceptors (Lipinski definition) is 6. The second-order valence-electron chi connectivity index (χ2n) is 7.12. The van der Waals surface area contributed by atoms with Crippen LogP contribution in [0.25, 0.3) is 39.3 Å². The molecule has 5 aromatic rings. The fourth-order valence-corrected chi connectivity index (χ4v) is 4.01. The summed E-state index contributed by atoms with van der Waals surface area (Å²) in [5.41, 5.74) is 2.10. The molecule has 6 nitrogen and oxygen atoms in total. The van der Waals surface area contributed by atoms with Crippen LogP contribution < -0.4 is 10.3 Å². The minimum Gasteiger partial charge on any atom is -0.497 e. The number of hydrogen-bond donors (Lipinski definition) is 0. The van der Waals surface area contributed by atoms with Crippen LogP contribution in [0.1, 0.15) is 0 Å². The second kappa shape index (κ2) is 8.36. The fraction of sp³-hybridized carbons (Fsp3) is 0.0800. The van der Waals surface area contributed by atoms with Crippen molar-refractivity contribution in [2.24, 2.45) is 0 Å². The summed E-state index contributed by atoms with van der Waals surface area (Å²) >= 11 is 1.67. The lowest BCUT2D eigenvalue weighted by molar-refractivity contribution is 0.414. The van der Waals surface area contributed by atoms with Crippen LogP contribution in [0.2, 0.25) is 0 Å². The van der Waals surface area contributed by atoms with Crippen molar-refractivity contribution in [2.75, 3.05) is 13.4 Å². The summed E-state index contributed by atoms with van der Waals surface area (Å²) in [6.45, 7) is 0. The lowest BCUT2D eigenvalue weighted by Crippen LogP contribution is -2.18.